The van der Waals surface area contributed by atoms with Crippen LogP contribution in [0.25, 0.3) is 0 Å². The Bertz CT molecular complexity index is 214. The van der Waals surface area contributed by atoms with Crippen molar-refractivity contribution in [1.82, 2.24) is 4.90 Å². The molecule has 1 fully saturated rings. The summed E-state index contributed by atoms with van der Waals surface area (Å²) in [6.07, 6.45) is 5.71. The highest BCUT2D eigenvalue weighted by molar-refractivity contribution is 5.59. The molecule has 0 bridgehead atoms. The number of rotatable bonds is 6. The summed E-state index contributed by atoms with van der Waals surface area (Å²) in [5.74, 6) is 0. The number of methoxy groups -OCH3 is 1. The Morgan fingerprint density at radius 2 is 2.12 bits per heavy atom. The zero-order valence-electron chi connectivity index (χ0n) is 10.9. The Morgan fingerprint density at radius 1 is 1.44 bits per heavy atom. The van der Waals surface area contributed by atoms with E-state index in [1.807, 2.05) is 0 Å². The van der Waals surface area contributed by atoms with Crippen LogP contribution in [0.15, 0.2) is 0 Å². The van der Waals surface area contributed by atoms with Gasteiger partial charge in [0, 0.05) is 25.6 Å². The molecule has 0 aromatic heterocycles. The topological polar surface area (TPSA) is 29.5 Å². The van der Waals surface area contributed by atoms with Crippen molar-refractivity contribution in [1.29, 1.82) is 0 Å². The molecule has 1 heterocycles. The molecule has 0 spiro atoms. The monoisotopic (exact) mass is 227 g/mol. The maximum Gasteiger partial charge on any atom is 0.127 e. The Hall–Kier alpha value is -0.410. The summed E-state index contributed by atoms with van der Waals surface area (Å²) in [5, 5.41) is 0. The van der Waals surface area contributed by atoms with E-state index >= 15 is 0 Å². The van der Waals surface area contributed by atoms with Gasteiger partial charge in [-0.25, -0.2) is 0 Å². The fourth-order valence-corrected chi connectivity index (χ4v) is 2.47. The zero-order valence-corrected chi connectivity index (χ0v) is 10.9. The third-order valence-corrected chi connectivity index (χ3v) is 3.99. The molecule has 0 aromatic carbocycles. The number of likely N-dealkylation sites (tertiary alicyclic amines) is 1. The van der Waals surface area contributed by atoms with E-state index < -0.39 is 0 Å². The fraction of sp³-hybridized carbons (Fsp3) is 0.923. The van der Waals surface area contributed by atoms with Gasteiger partial charge in [-0.05, 0) is 32.2 Å². The summed E-state index contributed by atoms with van der Waals surface area (Å²) in [6.45, 7) is 7.19. The van der Waals surface area contributed by atoms with Crippen LogP contribution >= 0.6 is 0 Å². The number of ether oxygens (including phenoxy) is 1. The summed E-state index contributed by atoms with van der Waals surface area (Å²) < 4.78 is 5.41. The van der Waals surface area contributed by atoms with E-state index in [1.165, 1.54) is 6.42 Å². The maximum absolute atomic E-state index is 11.3. The Kier molecular flexibility index (Phi) is 5.42. The van der Waals surface area contributed by atoms with E-state index in [0.29, 0.717) is 6.10 Å². The summed E-state index contributed by atoms with van der Waals surface area (Å²) >= 11 is 0. The number of hydrogen-bond donors (Lipinski definition) is 0. The number of piperidine rings is 1. The van der Waals surface area contributed by atoms with Gasteiger partial charge in [0.1, 0.15) is 6.29 Å². The second kappa shape index (κ2) is 6.36. The van der Waals surface area contributed by atoms with Crippen molar-refractivity contribution in [2.75, 3.05) is 26.7 Å². The first-order chi connectivity index (χ1) is 7.69. The van der Waals surface area contributed by atoms with Gasteiger partial charge in [-0.15, -0.1) is 0 Å². The van der Waals surface area contributed by atoms with E-state index in [4.69, 9.17) is 4.74 Å². The van der Waals surface area contributed by atoms with Crippen molar-refractivity contribution in [2.24, 2.45) is 5.41 Å². The van der Waals surface area contributed by atoms with Gasteiger partial charge >= 0.3 is 0 Å². The molecule has 1 atom stereocenters. The van der Waals surface area contributed by atoms with Crippen molar-refractivity contribution in [3.05, 3.63) is 0 Å². The summed E-state index contributed by atoms with van der Waals surface area (Å²) in [4.78, 5) is 13.6. The molecule has 1 aliphatic rings. The van der Waals surface area contributed by atoms with Gasteiger partial charge in [-0.2, -0.15) is 0 Å². The molecule has 1 saturated heterocycles. The molecule has 0 aromatic rings. The van der Waals surface area contributed by atoms with Crippen LogP contribution in [0.2, 0.25) is 0 Å². The van der Waals surface area contributed by atoms with Crippen LogP contribution in [0, 0.1) is 5.41 Å². The number of aldehydes is 1. The lowest BCUT2D eigenvalue weighted by molar-refractivity contribution is -0.118. The second-order valence-electron chi connectivity index (χ2n) is 4.92. The molecule has 94 valence electrons. The molecule has 1 rings (SSSR count). The van der Waals surface area contributed by atoms with E-state index in [1.54, 1.807) is 7.11 Å². The highest BCUT2D eigenvalue weighted by Crippen LogP contribution is 2.26. The van der Waals surface area contributed by atoms with Gasteiger partial charge in [0.25, 0.3) is 0 Å². The minimum Gasteiger partial charge on any atom is -0.380 e. The number of carbonyl (C=O) groups excluding carboxylic acids is 1. The Labute approximate surface area is 99.1 Å². The minimum absolute atomic E-state index is 0.143. The summed E-state index contributed by atoms with van der Waals surface area (Å²) in [6, 6.07) is 0. The SMILES string of the molecule is CCC(C=O)(CC)CN1CCCC(OC)C1. The lowest BCUT2D eigenvalue weighted by atomic mass is 9.83. The third-order valence-electron chi connectivity index (χ3n) is 3.99. The molecule has 1 unspecified atom stereocenters. The van der Waals surface area contributed by atoms with Crippen molar-refractivity contribution in [3.8, 4) is 0 Å². The van der Waals surface area contributed by atoms with Crippen LogP contribution < -0.4 is 0 Å². The number of nitrogens with zero attached hydrogens (tertiary/aromatic N) is 1. The molecule has 3 nitrogen and oxygen atoms in total. The first-order valence-electron chi connectivity index (χ1n) is 6.41. The van der Waals surface area contributed by atoms with Crippen LogP contribution in [0.5, 0.6) is 0 Å². The average molecular weight is 227 g/mol. The molecule has 0 amide bonds. The van der Waals surface area contributed by atoms with Gasteiger partial charge in [0.2, 0.25) is 0 Å². The van der Waals surface area contributed by atoms with Crippen LogP contribution in [-0.4, -0.2) is 44.0 Å². The zero-order chi connectivity index (χ0) is 12.0. The quantitative estimate of drug-likeness (QED) is 0.651. The van der Waals surface area contributed by atoms with Crippen molar-refractivity contribution in [3.63, 3.8) is 0 Å². The Morgan fingerprint density at radius 3 is 2.62 bits per heavy atom. The van der Waals surface area contributed by atoms with Crippen LogP contribution in [0.4, 0.5) is 0 Å². The van der Waals surface area contributed by atoms with Crippen molar-refractivity contribution < 1.29 is 9.53 Å². The van der Waals surface area contributed by atoms with Gasteiger partial charge in [-0.3, -0.25) is 4.90 Å². The largest absolute Gasteiger partial charge is 0.380 e. The predicted molar refractivity (Wildman–Crippen MR) is 65.6 cm³/mol. The van der Waals surface area contributed by atoms with E-state index in [0.717, 1.165) is 45.2 Å². The highest BCUT2D eigenvalue weighted by atomic mass is 16.5. The average Bonchev–Trinajstić information content (AvgIpc) is 2.36. The van der Waals surface area contributed by atoms with Crippen LogP contribution in [0.3, 0.4) is 0 Å². The van der Waals surface area contributed by atoms with E-state index in [-0.39, 0.29) is 5.41 Å². The molecule has 3 heteroatoms. The maximum atomic E-state index is 11.3. The standard InChI is InChI=1S/C13H25NO2/c1-4-13(5-2,11-15)10-14-8-6-7-12(9-14)16-3/h11-12H,4-10H2,1-3H3. The fourth-order valence-electron chi connectivity index (χ4n) is 2.47. The normalized spacial score (nSPS) is 23.3. The molecular formula is C13H25NO2. The lowest BCUT2D eigenvalue weighted by Gasteiger charge is -2.37. The number of carbonyl (C=O) groups is 1. The molecule has 16 heavy (non-hydrogen) atoms. The first kappa shape index (κ1) is 13.7. The molecular weight excluding hydrogens is 202 g/mol. The van der Waals surface area contributed by atoms with Crippen molar-refractivity contribution in [2.45, 2.75) is 45.6 Å². The minimum atomic E-state index is -0.143. The molecule has 1 aliphatic heterocycles. The molecule has 0 N–H and O–H groups in total. The van der Waals surface area contributed by atoms with E-state index in [9.17, 15) is 4.79 Å². The first-order valence-corrected chi connectivity index (χ1v) is 6.41. The van der Waals surface area contributed by atoms with Crippen LogP contribution in [0.1, 0.15) is 39.5 Å². The highest BCUT2D eigenvalue weighted by Gasteiger charge is 2.30. The lowest BCUT2D eigenvalue weighted by Crippen LogP contribution is -2.45. The summed E-state index contributed by atoms with van der Waals surface area (Å²) in [7, 11) is 1.78. The Balaban J connectivity index is 2.54. The van der Waals surface area contributed by atoms with Gasteiger partial charge in [0.15, 0.2) is 0 Å². The predicted octanol–water partition coefficient (Wildman–Crippen LogP) is 2.10. The van der Waals surface area contributed by atoms with Gasteiger partial charge in [-0.1, -0.05) is 13.8 Å². The summed E-state index contributed by atoms with van der Waals surface area (Å²) in [5.41, 5.74) is -0.143. The number of hydrogen-bond acceptors (Lipinski definition) is 3. The molecule has 0 aliphatic carbocycles. The molecule has 0 saturated carbocycles. The van der Waals surface area contributed by atoms with Crippen LogP contribution in [-0.2, 0) is 9.53 Å². The molecule has 0 radical (unpaired) electrons. The second-order valence-corrected chi connectivity index (χ2v) is 4.92. The van der Waals surface area contributed by atoms with Gasteiger partial charge < -0.3 is 9.53 Å². The van der Waals surface area contributed by atoms with Gasteiger partial charge in [0.05, 0.1) is 6.10 Å². The smallest absolute Gasteiger partial charge is 0.127 e. The van der Waals surface area contributed by atoms with E-state index in [2.05, 4.69) is 18.7 Å². The van der Waals surface area contributed by atoms with Crippen molar-refractivity contribution >= 4 is 6.29 Å². The third kappa shape index (κ3) is 3.29.